The summed E-state index contributed by atoms with van der Waals surface area (Å²) in [4.78, 5) is 36.1. The van der Waals surface area contributed by atoms with E-state index in [1.54, 1.807) is 0 Å². The molecule has 13 nitrogen and oxygen atoms in total. The van der Waals surface area contributed by atoms with Crippen LogP contribution in [0.3, 0.4) is 0 Å². The lowest BCUT2D eigenvalue weighted by Gasteiger charge is -2.42. The average Bonchev–Trinajstić information content (AvgIpc) is 2.87. The first-order chi connectivity index (χ1) is 18.4. The molecule has 1 aromatic heterocycles. The maximum Gasteiger partial charge on any atom is 0.303 e. The van der Waals surface area contributed by atoms with Gasteiger partial charge in [0.05, 0.1) is 12.7 Å². The van der Waals surface area contributed by atoms with E-state index in [0.29, 0.717) is 0 Å². The Labute approximate surface area is 220 Å². The summed E-state index contributed by atoms with van der Waals surface area (Å²) in [7, 11) is 1.24. The molecule has 0 radical (unpaired) electrons. The van der Waals surface area contributed by atoms with Crippen molar-refractivity contribution in [3.8, 4) is 34.3 Å². The molecule has 1 saturated heterocycles. The Bertz CT molecular complexity index is 1480. The average molecular weight is 546 g/mol. The zero-order valence-corrected chi connectivity index (χ0v) is 21.0. The smallest absolute Gasteiger partial charge is 0.303 e. The highest BCUT2D eigenvalue weighted by Gasteiger charge is 2.49. The van der Waals surface area contributed by atoms with Crippen molar-refractivity contribution < 1.29 is 58.5 Å². The molecule has 3 aromatic rings. The van der Waals surface area contributed by atoms with Crippen LogP contribution in [0.1, 0.15) is 25.5 Å². The molecule has 208 valence electrons. The number of benzene rings is 2. The number of fused-ring (bicyclic) bond motifs is 1. The Balaban J connectivity index is 1.83. The minimum absolute atomic E-state index is 0.00652. The van der Waals surface area contributed by atoms with Crippen molar-refractivity contribution in [1.82, 2.24) is 0 Å². The van der Waals surface area contributed by atoms with Gasteiger partial charge in [-0.2, -0.15) is 0 Å². The van der Waals surface area contributed by atoms with E-state index < -0.39 is 66.0 Å². The molecule has 39 heavy (non-hydrogen) atoms. The van der Waals surface area contributed by atoms with Crippen molar-refractivity contribution in [1.29, 1.82) is 0 Å². The number of rotatable bonds is 6. The second-order valence-corrected chi connectivity index (χ2v) is 8.85. The predicted octanol–water partition coefficient (Wildman–Crippen LogP) is 1.24. The molecule has 1 aliphatic rings. The molecular weight excluding hydrogens is 520 g/mol. The van der Waals surface area contributed by atoms with Crippen LogP contribution < -0.4 is 10.2 Å². The molecule has 2 heterocycles. The van der Waals surface area contributed by atoms with E-state index in [1.807, 2.05) is 0 Å². The first-order valence-electron chi connectivity index (χ1n) is 11.6. The fourth-order valence-corrected chi connectivity index (χ4v) is 4.41. The van der Waals surface area contributed by atoms with Crippen LogP contribution in [0.5, 0.6) is 23.0 Å². The van der Waals surface area contributed by atoms with E-state index >= 15 is 0 Å². The number of carbonyl (C=O) groups excluding carboxylic acids is 2. The molecule has 0 aliphatic carbocycles. The van der Waals surface area contributed by atoms with Crippen LogP contribution in [0.25, 0.3) is 22.3 Å². The third-order valence-corrected chi connectivity index (χ3v) is 6.20. The summed E-state index contributed by atoms with van der Waals surface area (Å²) in [6.45, 7) is 1.76. The molecule has 0 spiro atoms. The Hall–Kier alpha value is -4.33. The largest absolute Gasteiger partial charge is 0.506 e. The Morgan fingerprint density at radius 3 is 2.31 bits per heavy atom. The second-order valence-electron chi connectivity index (χ2n) is 8.85. The van der Waals surface area contributed by atoms with Gasteiger partial charge in [0.25, 0.3) is 0 Å². The Kier molecular flexibility index (Phi) is 7.67. The lowest BCUT2D eigenvalue weighted by molar-refractivity contribution is -0.242. The zero-order chi connectivity index (χ0) is 28.6. The molecule has 0 bridgehead atoms. The lowest BCUT2D eigenvalue weighted by atomic mass is 9.89. The fraction of sp³-hybridized carbons (Fsp3) is 0.346. The van der Waals surface area contributed by atoms with Crippen molar-refractivity contribution >= 4 is 22.9 Å². The number of esters is 2. The standard InChI is InChI=1S/C26H26O13/c1-10(27)36-9-19-25(37-11(2)28)23(33)24(34)26(39-19)21-17(35-3)8-18-20(22(21)32)15(31)7-16(38-18)12-4-5-13(29)14(30)6-12/h4-8,19,23-26,29-30,32-34H,9H2,1-3H3/t19-,23-,24-,25-,26+/m1/s1. The van der Waals surface area contributed by atoms with Gasteiger partial charge in [0.15, 0.2) is 23.0 Å². The lowest BCUT2D eigenvalue weighted by Crippen LogP contribution is -2.57. The van der Waals surface area contributed by atoms with Gasteiger partial charge in [-0.3, -0.25) is 14.4 Å². The summed E-state index contributed by atoms with van der Waals surface area (Å²) in [5.41, 5.74) is -0.789. The van der Waals surface area contributed by atoms with Gasteiger partial charge in [-0.05, 0) is 18.2 Å². The van der Waals surface area contributed by atoms with E-state index in [2.05, 4.69) is 0 Å². The van der Waals surface area contributed by atoms with Gasteiger partial charge in [0.2, 0.25) is 0 Å². The van der Waals surface area contributed by atoms with E-state index in [9.17, 15) is 39.9 Å². The summed E-state index contributed by atoms with van der Waals surface area (Å²) in [6, 6.07) is 6.11. The number of methoxy groups -OCH3 is 1. The fourth-order valence-electron chi connectivity index (χ4n) is 4.41. The first-order valence-corrected chi connectivity index (χ1v) is 11.6. The van der Waals surface area contributed by atoms with Crippen molar-refractivity contribution in [2.24, 2.45) is 0 Å². The number of phenols is 3. The highest BCUT2D eigenvalue weighted by atomic mass is 16.6. The number of hydrogen-bond donors (Lipinski definition) is 5. The Morgan fingerprint density at radius 1 is 0.974 bits per heavy atom. The quantitative estimate of drug-likeness (QED) is 0.218. The number of hydrogen-bond acceptors (Lipinski definition) is 13. The monoisotopic (exact) mass is 546 g/mol. The number of phenolic OH excluding ortho intramolecular Hbond substituents is 3. The number of aliphatic hydroxyl groups excluding tert-OH is 2. The molecule has 0 saturated carbocycles. The minimum Gasteiger partial charge on any atom is -0.506 e. The van der Waals surface area contributed by atoms with Gasteiger partial charge in [-0.1, -0.05) is 0 Å². The Morgan fingerprint density at radius 2 is 1.69 bits per heavy atom. The van der Waals surface area contributed by atoms with Gasteiger partial charge in [-0.25, -0.2) is 0 Å². The highest BCUT2D eigenvalue weighted by molar-refractivity contribution is 5.88. The zero-order valence-electron chi connectivity index (χ0n) is 21.0. The molecule has 0 amide bonds. The molecular formula is C26H26O13. The first kappa shape index (κ1) is 27.7. The summed E-state index contributed by atoms with van der Waals surface area (Å²) >= 11 is 0. The van der Waals surface area contributed by atoms with E-state index in [-0.39, 0.29) is 39.4 Å². The molecule has 5 N–H and O–H groups in total. The van der Waals surface area contributed by atoms with Gasteiger partial charge < -0.3 is 48.9 Å². The van der Waals surface area contributed by atoms with E-state index in [4.69, 9.17) is 23.4 Å². The molecule has 1 aliphatic heterocycles. The van der Waals surface area contributed by atoms with Crippen molar-refractivity contribution in [2.45, 2.75) is 44.4 Å². The summed E-state index contributed by atoms with van der Waals surface area (Å²) in [6.07, 6.45) is -7.74. The predicted molar refractivity (Wildman–Crippen MR) is 131 cm³/mol. The topological polar surface area (TPSA) is 202 Å². The van der Waals surface area contributed by atoms with Gasteiger partial charge in [0.1, 0.15) is 59.3 Å². The van der Waals surface area contributed by atoms with Crippen LogP contribution >= 0.6 is 0 Å². The number of aliphatic hydroxyl groups is 2. The highest BCUT2D eigenvalue weighted by Crippen LogP contribution is 2.45. The van der Waals surface area contributed by atoms with E-state index in [1.165, 1.54) is 31.4 Å². The van der Waals surface area contributed by atoms with Gasteiger partial charge >= 0.3 is 11.9 Å². The normalized spacial score (nSPS) is 22.8. The maximum atomic E-state index is 13.1. The van der Waals surface area contributed by atoms with Crippen molar-refractivity contribution in [2.75, 3.05) is 13.7 Å². The molecule has 5 atom stereocenters. The van der Waals surface area contributed by atoms with Crippen molar-refractivity contribution in [3.05, 3.63) is 46.1 Å². The molecule has 0 unspecified atom stereocenters. The summed E-state index contributed by atoms with van der Waals surface area (Å²) < 4.78 is 27.1. The molecule has 13 heteroatoms. The van der Waals surface area contributed by atoms with Gasteiger partial charge in [-0.15, -0.1) is 0 Å². The third-order valence-electron chi connectivity index (χ3n) is 6.20. The summed E-state index contributed by atoms with van der Waals surface area (Å²) in [5, 5.41) is 52.0. The molecule has 2 aromatic carbocycles. The second kappa shape index (κ2) is 10.8. The third kappa shape index (κ3) is 5.32. The number of aromatic hydroxyl groups is 3. The van der Waals surface area contributed by atoms with Crippen LogP contribution in [-0.2, 0) is 23.8 Å². The summed E-state index contributed by atoms with van der Waals surface area (Å²) in [5.74, 6) is -3.05. The van der Waals surface area contributed by atoms with E-state index in [0.717, 1.165) is 19.9 Å². The minimum atomic E-state index is -1.79. The van der Waals surface area contributed by atoms with Crippen LogP contribution in [-0.4, -0.2) is 75.6 Å². The maximum absolute atomic E-state index is 13.1. The van der Waals surface area contributed by atoms with Crippen LogP contribution in [0.4, 0.5) is 0 Å². The number of carbonyl (C=O) groups is 2. The molecule has 4 rings (SSSR count). The van der Waals surface area contributed by atoms with Crippen LogP contribution in [0, 0.1) is 0 Å². The van der Waals surface area contributed by atoms with Crippen LogP contribution in [0.2, 0.25) is 0 Å². The van der Waals surface area contributed by atoms with Crippen LogP contribution in [0.15, 0.2) is 39.5 Å². The molecule has 1 fully saturated rings. The SMILES string of the molecule is COc1cc2oc(-c3ccc(O)c(O)c3)cc(=O)c2c(O)c1[C@@H]1O[C@H](COC(C)=O)[C@@H](OC(C)=O)[C@H](O)[C@H]1O. The van der Waals surface area contributed by atoms with Gasteiger partial charge in [0, 0.05) is 31.5 Å². The van der Waals surface area contributed by atoms with Crippen molar-refractivity contribution in [3.63, 3.8) is 0 Å². The number of ether oxygens (including phenoxy) is 4.